The van der Waals surface area contributed by atoms with Crippen molar-refractivity contribution in [3.8, 4) is 11.8 Å². The number of hydrogen-bond acceptors (Lipinski definition) is 3. The van der Waals surface area contributed by atoms with E-state index in [2.05, 4.69) is 23.5 Å². The smallest absolute Gasteiger partial charge is 0.266 e. The van der Waals surface area contributed by atoms with E-state index < -0.39 is 5.91 Å². The molecule has 0 radical (unpaired) electrons. The quantitative estimate of drug-likeness (QED) is 0.328. The molecule has 0 spiro atoms. The number of rotatable bonds is 7. The summed E-state index contributed by atoms with van der Waals surface area (Å²) in [7, 11) is 0. The Labute approximate surface area is 194 Å². The summed E-state index contributed by atoms with van der Waals surface area (Å²) in [5.41, 5.74) is 5.59. The van der Waals surface area contributed by atoms with Gasteiger partial charge in [-0.1, -0.05) is 66.0 Å². The molecule has 0 aliphatic rings. The SMILES string of the molecule is CCc1ccccc1NC(=O)/C(C#N)=C/c1cc(Cl)ccc1OCc1cc(C)cc(C)c1. The molecule has 3 aromatic carbocycles. The van der Waals surface area contributed by atoms with Crippen LogP contribution in [-0.4, -0.2) is 5.91 Å². The Morgan fingerprint density at radius 1 is 1.09 bits per heavy atom. The van der Waals surface area contributed by atoms with Crippen molar-refractivity contribution in [2.75, 3.05) is 5.32 Å². The molecule has 32 heavy (non-hydrogen) atoms. The average Bonchev–Trinajstić information content (AvgIpc) is 2.76. The molecular weight excluding hydrogens is 420 g/mol. The van der Waals surface area contributed by atoms with Crippen molar-refractivity contribution in [2.24, 2.45) is 0 Å². The summed E-state index contributed by atoms with van der Waals surface area (Å²) in [5, 5.41) is 13.0. The maximum absolute atomic E-state index is 12.8. The van der Waals surface area contributed by atoms with Crippen LogP contribution >= 0.6 is 11.6 Å². The van der Waals surface area contributed by atoms with Crippen molar-refractivity contribution in [3.63, 3.8) is 0 Å². The Balaban J connectivity index is 1.85. The number of hydrogen-bond donors (Lipinski definition) is 1. The largest absolute Gasteiger partial charge is 0.488 e. The molecule has 0 saturated carbocycles. The van der Waals surface area contributed by atoms with Gasteiger partial charge in [0.25, 0.3) is 5.91 Å². The van der Waals surface area contributed by atoms with E-state index in [1.54, 1.807) is 18.2 Å². The summed E-state index contributed by atoms with van der Waals surface area (Å²) in [5.74, 6) is 0.0664. The first-order valence-electron chi connectivity index (χ1n) is 10.4. The zero-order chi connectivity index (χ0) is 23.1. The van der Waals surface area contributed by atoms with Crippen molar-refractivity contribution in [1.82, 2.24) is 0 Å². The highest BCUT2D eigenvalue weighted by Gasteiger charge is 2.13. The second kappa shape index (κ2) is 10.7. The van der Waals surface area contributed by atoms with Gasteiger partial charge in [0.2, 0.25) is 0 Å². The Kier molecular flexibility index (Phi) is 7.70. The monoisotopic (exact) mass is 444 g/mol. The summed E-state index contributed by atoms with van der Waals surface area (Å²) < 4.78 is 6.02. The highest BCUT2D eigenvalue weighted by Crippen LogP contribution is 2.27. The number of nitrogens with zero attached hydrogens (tertiary/aromatic N) is 1. The number of carbonyl (C=O) groups excluding carboxylic acids is 1. The lowest BCUT2D eigenvalue weighted by molar-refractivity contribution is -0.112. The summed E-state index contributed by atoms with van der Waals surface area (Å²) in [4.78, 5) is 12.8. The molecule has 1 N–H and O–H groups in total. The van der Waals surface area contributed by atoms with Crippen LogP contribution in [0.4, 0.5) is 5.69 Å². The highest BCUT2D eigenvalue weighted by molar-refractivity contribution is 6.30. The minimum atomic E-state index is -0.478. The lowest BCUT2D eigenvalue weighted by atomic mass is 10.1. The minimum Gasteiger partial charge on any atom is -0.488 e. The fourth-order valence-corrected chi connectivity index (χ4v) is 3.70. The van der Waals surface area contributed by atoms with E-state index in [1.807, 2.05) is 51.1 Å². The zero-order valence-electron chi connectivity index (χ0n) is 18.4. The first-order chi connectivity index (χ1) is 15.4. The van der Waals surface area contributed by atoms with Crippen LogP contribution in [0.3, 0.4) is 0 Å². The Hall–Kier alpha value is -3.55. The van der Waals surface area contributed by atoms with E-state index in [-0.39, 0.29) is 5.57 Å². The molecule has 4 nitrogen and oxygen atoms in total. The van der Waals surface area contributed by atoms with E-state index in [1.165, 1.54) is 6.08 Å². The summed E-state index contributed by atoms with van der Waals surface area (Å²) in [6.07, 6.45) is 2.28. The summed E-state index contributed by atoms with van der Waals surface area (Å²) >= 11 is 6.18. The van der Waals surface area contributed by atoms with Gasteiger partial charge in [0, 0.05) is 16.3 Å². The van der Waals surface area contributed by atoms with E-state index in [9.17, 15) is 10.1 Å². The maximum atomic E-state index is 12.8. The van der Waals surface area contributed by atoms with Gasteiger partial charge in [0.05, 0.1) is 0 Å². The van der Waals surface area contributed by atoms with E-state index in [4.69, 9.17) is 16.3 Å². The third kappa shape index (κ3) is 6.00. The van der Waals surface area contributed by atoms with Crippen molar-refractivity contribution < 1.29 is 9.53 Å². The van der Waals surface area contributed by atoms with Gasteiger partial charge in [-0.25, -0.2) is 0 Å². The van der Waals surface area contributed by atoms with Crippen LogP contribution in [-0.2, 0) is 17.8 Å². The number of nitriles is 1. The van der Waals surface area contributed by atoms with Gasteiger partial charge < -0.3 is 10.1 Å². The highest BCUT2D eigenvalue weighted by atomic mass is 35.5. The van der Waals surface area contributed by atoms with Gasteiger partial charge in [-0.15, -0.1) is 0 Å². The average molecular weight is 445 g/mol. The van der Waals surface area contributed by atoms with Crippen LogP contribution in [0.25, 0.3) is 6.08 Å². The number of amides is 1. The van der Waals surface area contributed by atoms with Crippen LogP contribution < -0.4 is 10.1 Å². The van der Waals surface area contributed by atoms with Gasteiger partial charge in [-0.3, -0.25) is 4.79 Å². The molecule has 0 heterocycles. The topological polar surface area (TPSA) is 62.1 Å². The number of benzene rings is 3. The molecule has 0 aliphatic carbocycles. The number of nitrogens with one attached hydrogen (secondary N) is 1. The third-order valence-electron chi connectivity index (χ3n) is 4.96. The van der Waals surface area contributed by atoms with Crippen molar-refractivity contribution in [3.05, 3.63) is 99.1 Å². The fraction of sp³-hybridized carbons (Fsp3) is 0.185. The standard InChI is InChI=1S/C27H25ClN2O2/c1-4-21-7-5-6-8-25(21)30-27(31)23(16-29)14-22-15-24(28)9-10-26(22)32-17-20-12-18(2)11-19(3)13-20/h5-15H,4,17H2,1-3H3,(H,30,31)/b23-14+. The maximum Gasteiger partial charge on any atom is 0.266 e. The van der Waals surface area contributed by atoms with Gasteiger partial charge >= 0.3 is 0 Å². The van der Waals surface area contributed by atoms with Crippen LogP contribution in [0.1, 0.15) is 34.7 Å². The normalized spacial score (nSPS) is 11.0. The van der Waals surface area contributed by atoms with Gasteiger partial charge in [0.15, 0.2) is 0 Å². The predicted octanol–water partition coefficient (Wildman–Crippen LogP) is 6.64. The van der Waals surface area contributed by atoms with Crippen molar-refractivity contribution >= 4 is 29.3 Å². The van der Waals surface area contributed by atoms with Gasteiger partial charge in [-0.05, 0) is 61.7 Å². The molecule has 0 aliphatic heterocycles. The van der Waals surface area contributed by atoms with Crippen molar-refractivity contribution in [1.29, 1.82) is 5.26 Å². The number of aryl methyl sites for hydroxylation is 3. The second-order valence-electron chi connectivity index (χ2n) is 7.60. The molecule has 3 aromatic rings. The predicted molar refractivity (Wildman–Crippen MR) is 130 cm³/mol. The lowest BCUT2D eigenvalue weighted by Gasteiger charge is -2.12. The molecule has 0 fully saturated rings. The molecule has 162 valence electrons. The van der Waals surface area contributed by atoms with Gasteiger partial charge in [-0.2, -0.15) is 5.26 Å². The number of carbonyl (C=O) groups is 1. The number of anilines is 1. The molecule has 0 aromatic heterocycles. The van der Waals surface area contributed by atoms with Crippen LogP contribution in [0.2, 0.25) is 5.02 Å². The van der Waals surface area contributed by atoms with E-state index in [0.717, 1.165) is 28.7 Å². The molecular formula is C27H25ClN2O2. The molecule has 1 amide bonds. The number of para-hydroxylation sites is 1. The molecule has 0 atom stereocenters. The van der Waals surface area contributed by atoms with Crippen LogP contribution in [0.15, 0.2) is 66.2 Å². The first-order valence-corrected chi connectivity index (χ1v) is 10.8. The summed E-state index contributed by atoms with van der Waals surface area (Å²) in [6.45, 7) is 6.46. The fourth-order valence-electron chi connectivity index (χ4n) is 3.52. The van der Waals surface area contributed by atoms with Crippen LogP contribution in [0.5, 0.6) is 5.75 Å². The molecule has 0 saturated heterocycles. The number of ether oxygens (including phenoxy) is 1. The van der Waals surface area contributed by atoms with Crippen molar-refractivity contribution in [2.45, 2.75) is 33.8 Å². The Morgan fingerprint density at radius 3 is 2.50 bits per heavy atom. The second-order valence-corrected chi connectivity index (χ2v) is 8.04. The lowest BCUT2D eigenvalue weighted by Crippen LogP contribution is -2.14. The Bertz CT molecular complexity index is 1190. The van der Waals surface area contributed by atoms with E-state index in [0.29, 0.717) is 28.6 Å². The van der Waals surface area contributed by atoms with E-state index >= 15 is 0 Å². The molecule has 3 rings (SSSR count). The first kappa shape index (κ1) is 23.1. The Morgan fingerprint density at radius 2 is 1.81 bits per heavy atom. The zero-order valence-corrected chi connectivity index (χ0v) is 19.2. The number of halogens is 1. The molecule has 5 heteroatoms. The van der Waals surface area contributed by atoms with Crippen LogP contribution in [0, 0.1) is 25.2 Å². The molecule has 0 unspecified atom stereocenters. The third-order valence-corrected chi connectivity index (χ3v) is 5.19. The minimum absolute atomic E-state index is 0.0329. The summed E-state index contributed by atoms with van der Waals surface area (Å²) in [6, 6.07) is 20.9. The molecule has 0 bridgehead atoms. The van der Waals surface area contributed by atoms with Gasteiger partial charge in [0.1, 0.15) is 24.0 Å².